The fraction of sp³-hybridized carbons (Fsp3) is 0.217. The van der Waals surface area contributed by atoms with Crippen molar-refractivity contribution in [3.8, 4) is 11.1 Å². The van der Waals surface area contributed by atoms with Gasteiger partial charge in [-0.15, -0.1) is 0 Å². The first-order valence-electron chi connectivity index (χ1n) is 10.1. The molecule has 1 aliphatic heterocycles. The van der Waals surface area contributed by atoms with Crippen molar-refractivity contribution in [2.75, 3.05) is 13.1 Å². The van der Waals surface area contributed by atoms with Gasteiger partial charge in [0.25, 0.3) is 5.91 Å². The predicted octanol–water partition coefficient (Wildman–Crippen LogP) is 4.83. The summed E-state index contributed by atoms with van der Waals surface area (Å²) >= 11 is 6.41. The third kappa shape index (κ3) is 3.77. The molecule has 170 valence electrons. The lowest BCUT2D eigenvalue weighted by Gasteiger charge is -2.15. The Morgan fingerprint density at radius 2 is 1.91 bits per heavy atom. The molecule has 5 rings (SSSR count). The molecule has 1 aromatic carbocycles. The van der Waals surface area contributed by atoms with Crippen LogP contribution in [-0.2, 0) is 6.18 Å². The number of hydrogen-bond acceptors (Lipinski definition) is 4. The van der Waals surface area contributed by atoms with Gasteiger partial charge in [-0.3, -0.25) is 9.20 Å². The van der Waals surface area contributed by atoms with Crippen LogP contribution in [-0.4, -0.2) is 39.3 Å². The van der Waals surface area contributed by atoms with E-state index < -0.39 is 23.3 Å². The first-order valence-corrected chi connectivity index (χ1v) is 10.5. The van der Waals surface area contributed by atoms with Gasteiger partial charge in [-0.2, -0.15) is 13.2 Å². The minimum absolute atomic E-state index is 0.0932. The molecule has 4 heterocycles. The summed E-state index contributed by atoms with van der Waals surface area (Å²) in [7, 11) is 0. The molecule has 0 saturated carbocycles. The Kier molecular flexibility index (Phi) is 5.18. The number of imidazole rings is 1. The predicted molar refractivity (Wildman–Crippen MR) is 116 cm³/mol. The van der Waals surface area contributed by atoms with Gasteiger partial charge in [-0.25, -0.2) is 4.98 Å². The molecule has 0 spiro atoms. The number of alkyl halides is 3. The normalized spacial score (nSPS) is 18.9. The number of halogens is 4. The molecule has 4 aromatic rings. The molecule has 0 aliphatic carbocycles. The number of hydrogen-bond donors (Lipinski definition) is 1. The smallest absolute Gasteiger partial charge is 0.420 e. The fourth-order valence-corrected chi connectivity index (χ4v) is 4.50. The Hall–Kier alpha value is -3.30. The zero-order valence-corrected chi connectivity index (χ0v) is 17.8. The quantitative estimate of drug-likeness (QED) is 0.461. The van der Waals surface area contributed by atoms with E-state index in [0.29, 0.717) is 12.1 Å². The average Bonchev–Trinajstić information content (AvgIpc) is 3.52. The number of fused-ring (bicyclic) bond motifs is 1. The van der Waals surface area contributed by atoms with E-state index in [0.717, 1.165) is 16.0 Å². The molecular weight excluding hydrogens is 457 g/mol. The minimum Gasteiger partial charge on any atom is -0.472 e. The molecule has 1 fully saturated rings. The van der Waals surface area contributed by atoms with Gasteiger partial charge in [0.05, 0.1) is 18.1 Å². The number of aromatic nitrogens is 2. The molecule has 2 atom stereocenters. The molecule has 2 unspecified atom stereocenters. The zero-order chi connectivity index (χ0) is 23.3. The lowest BCUT2D eigenvalue weighted by atomic mass is 9.95. The highest BCUT2D eigenvalue weighted by molar-refractivity contribution is 6.33. The molecule has 10 heteroatoms. The number of pyridine rings is 1. The number of nitrogens with two attached hydrogens (primary N) is 1. The van der Waals surface area contributed by atoms with Gasteiger partial charge in [0, 0.05) is 42.4 Å². The van der Waals surface area contributed by atoms with E-state index in [1.54, 1.807) is 0 Å². The molecule has 0 bridgehead atoms. The third-order valence-electron chi connectivity index (χ3n) is 5.90. The maximum atomic E-state index is 13.8. The second kappa shape index (κ2) is 7.93. The minimum atomic E-state index is -4.70. The molecule has 2 N–H and O–H groups in total. The van der Waals surface area contributed by atoms with Crippen LogP contribution < -0.4 is 5.73 Å². The molecule has 0 radical (unpaired) electrons. The van der Waals surface area contributed by atoms with Crippen LogP contribution in [0.5, 0.6) is 0 Å². The summed E-state index contributed by atoms with van der Waals surface area (Å²) in [6.45, 7) is 0.565. The Balaban J connectivity index is 1.55. The van der Waals surface area contributed by atoms with Gasteiger partial charge in [-0.1, -0.05) is 41.9 Å². The number of benzene rings is 1. The van der Waals surface area contributed by atoms with Crippen LogP contribution in [0, 0.1) is 0 Å². The number of nitrogens with zero attached hydrogens (tertiary/aromatic N) is 3. The van der Waals surface area contributed by atoms with E-state index in [1.165, 1.54) is 29.7 Å². The van der Waals surface area contributed by atoms with Crippen molar-refractivity contribution < 1.29 is 22.4 Å². The van der Waals surface area contributed by atoms with Gasteiger partial charge < -0.3 is 15.1 Å². The molecule has 1 amide bonds. The van der Waals surface area contributed by atoms with Gasteiger partial charge in [0.2, 0.25) is 0 Å². The highest BCUT2D eigenvalue weighted by Crippen LogP contribution is 2.37. The number of amides is 1. The Bertz CT molecular complexity index is 1320. The van der Waals surface area contributed by atoms with E-state index in [1.807, 2.05) is 30.3 Å². The van der Waals surface area contributed by atoms with E-state index in [-0.39, 0.29) is 34.9 Å². The second-order valence-electron chi connectivity index (χ2n) is 7.99. The molecule has 33 heavy (non-hydrogen) atoms. The zero-order valence-electron chi connectivity index (χ0n) is 17.1. The number of furan rings is 1. The van der Waals surface area contributed by atoms with Crippen LogP contribution in [0.4, 0.5) is 13.2 Å². The first-order chi connectivity index (χ1) is 15.7. The molecule has 1 aliphatic rings. The summed E-state index contributed by atoms with van der Waals surface area (Å²) in [5, 5.41) is -0.192. The van der Waals surface area contributed by atoms with Crippen LogP contribution in [0.3, 0.4) is 0 Å². The van der Waals surface area contributed by atoms with Gasteiger partial charge in [0.15, 0.2) is 11.3 Å². The number of carbonyl (C=O) groups is 1. The third-order valence-corrected chi connectivity index (χ3v) is 6.27. The van der Waals surface area contributed by atoms with Crippen molar-refractivity contribution in [1.29, 1.82) is 0 Å². The van der Waals surface area contributed by atoms with E-state index in [9.17, 15) is 18.0 Å². The summed E-state index contributed by atoms with van der Waals surface area (Å²) in [4.78, 5) is 18.8. The van der Waals surface area contributed by atoms with Crippen molar-refractivity contribution in [3.05, 3.63) is 83.2 Å². The Labute approximate surface area is 191 Å². The summed E-state index contributed by atoms with van der Waals surface area (Å²) in [6, 6.07) is 11.7. The summed E-state index contributed by atoms with van der Waals surface area (Å²) in [6.07, 6.45) is -0.612. The lowest BCUT2D eigenvalue weighted by Crippen LogP contribution is -2.32. The van der Waals surface area contributed by atoms with Crippen molar-refractivity contribution >= 4 is 23.2 Å². The topological polar surface area (TPSA) is 76.8 Å². The standard InChI is InChI=1S/C23H18ClF3N4O2/c24-20-19(22(32)30-10-16(18(28)11-30)13-4-2-1-3-5-13)29-21-17(23(25,26)27)8-15(9-31(20)21)14-6-7-33-12-14/h1-9,12,16,18H,10-11,28H2. The number of carbonyl (C=O) groups excluding carboxylic acids is 1. The van der Waals surface area contributed by atoms with Crippen molar-refractivity contribution in [2.45, 2.75) is 18.1 Å². The van der Waals surface area contributed by atoms with Gasteiger partial charge in [-0.05, 0) is 17.7 Å². The average molecular weight is 475 g/mol. The lowest BCUT2D eigenvalue weighted by molar-refractivity contribution is -0.136. The van der Waals surface area contributed by atoms with E-state index in [4.69, 9.17) is 21.8 Å². The van der Waals surface area contributed by atoms with Gasteiger partial charge in [0.1, 0.15) is 5.15 Å². The summed E-state index contributed by atoms with van der Waals surface area (Å²) in [5.41, 5.74) is 6.26. The van der Waals surface area contributed by atoms with Crippen LogP contribution in [0.1, 0.15) is 27.5 Å². The molecule has 1 saturated heterocycles. The van der Waals surface area contributed by atoms with Crippen LogP contribution in [0.15, 0.2) is 65.6 Å². The largest absolute Gasteiger partial charge is 0.472 e. The van der Waals surface area contributed by atoms with Crippen molar-refractivity contribution in [2.24, 2.45) is 5.73 Å². The number of likely N-dealkylation sites (tertiary alicyclic amines) is 1. The fourth-order valence-electron chi connectivity index (χ4n) is 4.25. The molecule has 3 aromatic heterocycles. The number of rotatable bonds is 3. The monoisotopic (exact) mass is 474 g/mol. The summed E-state index contributed by atoms with van der Waals surface area (Å²) in [5.74, 6) is -0.653. The SMILES string of the molecule is NC1CN(C(=O)c2nc3c(C(F)(F)F)cc(-c4ccoc4)cn3c2Cl)CC1c1ccccc1. The molecular formula is C23H18ClF3N4O2. The first kappa shape index (κ1) is 21.5. The summed E-state index contributed by atoms with van der Waals surface area (Å²) < 4.78 is 47.6. The van der Waals surface area contributed by atoms with Gasteiger partial charge >= 0.3 is 6.18 Å². The Morgan fingerprint density at radius 1 is 1.15 bits per heavy atom. The highest BCUT2D eigenvalue weighted by Gasteiger charge is 2.39. The highest BCUT2D eigenvalue weighted by atomic mass is 35.5. The van der Waals surface area contributed by atoms with Crippen molar-refractivity contribution in [3.63, 3.8) is 0 Å². The van der Waals surface area contributed by atoms with Crippen molar-refractivity contribution in [1.82, 2.24) is 14.3 Å². The second-order valence-corrected chi connectivity index (χ2v) is 8.35. The Morgan fingerprint density at radius 3 is 2.58 bits per heavy atom. The van der Waals surface area contributed by atoms with E-state index >= 15 is 0 Å². The van der Waals surface area contributed by atoms with E-state index in [2.05, 4.69) is 4.98 Å². The maximum Gasteiger partial charge on any atom is 0.420 e. The maximum absolute atomic E-state index is 13.8. The van der Waals surface area contributed by atoms with Crippen LogP contribution >= 0.6 is 11.6 Å². The van der Waals surface area contributed by atoms with Crippen LogP contribution in [0.25, 0.3) is 16.8 Å². The molecule has 6 nitrogen and oxygen atoms in total. The van der Waals surface area contributed by atoms with Crippen LogP contribution in [0.2, 0.25) is 5.15 Å².